The molecule has 1 rings (SSSR count). The summed E-state index contributed by atoms with van der Waals surface area (Å²) in [6, 6.07) is 2.55. The van der Waals surface area contributed by atoms with Gasteiger partial charge in [0, 0.05) is 13.1 Å². The van der Waals surface area contributed by atoms with Gasteiger partial charge in [-0.1, -0.05) is 0 Å². The second kappa shape index (κ2) is 4.91. The zero-order valence-electron chi connectivity index (χ0n) is 8.56. The van der Waals surface area contributed by atoms with E-state index in [-0.39, 0.29) is 29.8 Å². The number of nitro groups is 1. The van der Waals surface area contributed by atoms with Crippen LogP contribution in [0.3, 0.4) is 0 Å². The summed E-state index contributed by atoms with van der Waals surface area (Å²) >= 11 is 0. The summed E-state index contributed by atoms with van der Waals surface area (Å²) in [6.07, 6.45) is 0. The second-order valence-electron chi connectivity index (χ2n) is 2.89. The van der Waals surface area contributed by atoms with Gasteiger partial charge in [0.15, 0.2) is 0 Å². The molecule has 0 bridgehead atoms. The fraction of sp³-hybridized carbons (Fsp3) is 0.250. The van der Waals surface area contributed by atoms with E-state index in [1.165, 1.54) is 19.2 Å². The molecule has 0 aliphatic carbocycles. The molecule has 0 saturated carbocycles. The summed E-state index contributed by atoms with van der Waals surface area (Å²) < 4.78 is 0. The van der Waals surface area contributed by atoms with Gasteiger partial charge >= 0.3 is 5.69 Å². The molecule has 0 aliphatic rings. The molecular formula is C8H11N5O3. The fourth-order valence-electron chi connectivity index (χ4n) is 0.997. The van der Waals surface area contributed by atoms with Crippen LogP contribution in [-0.4, -0.2) is 29.4 Å². The van der Waals surface area contributed by atoms with Crippen molar-refractivity contribution in [2.24, 2.45) is 0 Å². The van der Waals surface area contributed by atoms with Crippen molar-refractivity contribution in [3.63, 3.8) is 0 Å². The Balaban J connectivity index is 2.88. The van der Waals surface area contributed by atoms with Gasteiger partial charge in [0.2, 0.25) is 11.7 Å². The first-order chi connectivity index (χ1) is 7.54. The Morgan fingerprint density at radius 2 is 2.31 bits per heavy atom. The lowest BCUT2D eigenvalue weighted by Gasteiger charge is -2.05. The molecule has 8 heteroatoms. The average molecular weight is 225 g/mol. The molecule has 0 saturated heterocycles. The molecule has 0 aromatic carbocycles. The molecule has 8 nitrogen and oxygen atoms in total. The largest absolute Gasteiger partial charge is 0.384 e. The first-order valence-corrected chi connectivity index (χ1v) is 4.40. The van der Waals surface area contributed by atoms with Crippen LogP contribution in [0.1, 0.15) is 0 Å². The molecule has 0 aliphatic heterocycles. The zero-order chi connectivity index (χ0) is 12.1. The highest BCUT2D eigenvalue weighted by Gasteiger charge is 2.15. The van der Waals surface area contributed by atoms with E-state index in [9.17, 15) is 14.9 Å². The van der Waals surface area contributed by atoms with Crippen LogP contribution in [0.4, 0.5) is 17.3 Å². The Bertz CT molecular complexity index is 420. The summed E-state index contributed by atoms with van der Waals surface area (Å²) in [5, 5.41) is 15.5. The highest BCUT2D eigenvalue weighted by atomic mass is 16.6. The van der Waals surface area contributed by atoms with Crippen LogP contribution in [0.15, 0.2) is 12.1 Å². The quantitative estimate of drug-likeness (QED) is 0.478. The Hall–Kier alpha value is -2.38. The smallest absolute Gasteiger partial charge is 0.311 e. The van der Waals surface area contributed by atoms with Gasteiger partial charge in [-0.3, -0.25) is 14.9 Å². The van der Waals surface area contributed by atoms with Crippen molar-refractivity contribution in [1.82, 2.24) is 10.3 Å². The number of carbonyl (C=O) groups excluding carboxylic acids is 1. The SMILES string of the molecule is CNC(=O)CNc1nc(N)ccc1[N+](=O)[O-]. The standard InChI is InChI=1S/C8H11N5O3/c1-10-7(14)4-11-8-5(13(15)16)2-3-6(9)12-8/h2-3H,4H2,1H3,(H,10,14)(H3,9,11,12). The molecule has 0 radical (unpaired) electrons. The van der Waals surface area contributed by atoms with E-state index in [1.54, 1.807) is 0 Å². The maximum Gasteiger partial charge on any atom is 0.311 e. The average Bonchev–Trinajstić information content (AvgIpc) is 2.25. The molecule has 1 aromatic rings. The van der Waals surface area contributed by atoms with E-state index >= 15 is 0 Å². The molecule has 0 unspecified atom stereocenters. The van der Waals surface area contributed by atoms with Crippen molar-refractivity contribution in [3.05, 3.63) is 22.2 Å². The summed E-state index contributed by atoms with van der Waals surface area (Å²) in [4.78, 5) is 24.7. The van der Waals surface area contributed by atoms with E-state index in [1.807, 2.05) is 0 Å². The molecule has 1 aromatic heterocycles. The Morgan fingerprint density at radius 1 is 1.62 bits per heavy atom. The number of aromatic nitrogens is 1. The Morgan fingerprint density at radius 3 is 2.88 bits per heavy atom. The number of hydrogen-bond donors (Lipinski definition) is 3. The van der Waals surface area contributed by atoms with Crippen molar-refractivity contribution >= 4 is 23.2 Å². The maximum absolute atomic E-state index is 10.9. The van der Waals surface area contributed by atoms with E-state index in [4.69, 9.17) is 5.73 Å². The number of nitrogens with two attached hydrogens (primary N) is 1. The number of anilines is 2. The normalized spacial score (nSPS) is 9.56. The van der Waals surface area contributed by atoms with Crippen molar-refractivity contribution < 1.29 is 9.72 Å². The van der Waals surface area contributed by atoms with Gasteiger partial charge in [-0.15, -0.1) is 0 Å². The number of hydrogen-bond acceptors (Lipinski definition) is 6. The number of pyridine rings is 1. The maximum atomic E-state index is 10.9. The van der Waals surface area contributed by atoms with Gasteiger partial charge in [0.25, 0.3) is 0 Å². The van der Waals surface area contributed by atoms with E-state index in [2.05, 4.69) is 15.6 Å². The topological polar surface area (TPSA) is 123 Å². The first-order valence-electron chi connectivity index (χ1n) is 4.40. The van der Waals surface area contributed by atoms with Crippen LogP contribution >= 0.6 is 0 Å². The number of amides is 1. The third-order valence-electron chi connectivity index (χ3n) is 1.79. The molecule has 86 valence electrons. The minimum Gasteiger partial charge on any atom is -0.384 e. The lowest BCUT2D eigenvalue weighted by molar-refractivity contribution is -0.384. The molecule has 0 spiro atoms. The Kier molecular flexibility index (Phi) is 3.59. The van der Waals surface area contributed by atoms with Crippen molar-refractivity contribution in [2.45, 2.75) is 0 Å². The van der Waals surface area contributed by atoms with E-state index in [0.29, 0.717) is 0 Å². The Labute approximate surface area is 91.0 Å². The van der Waals surface area contributed by atoms with Crippen LogP contribution < -0.4 is 16.4 Å². The van der Waals surface area contributed by atoms with Gasteiger partial charge in [0.05, 0.1) is 11.5 Å². The molecule has 1 heterocycles. The minimum absolute atomic E-state index is 0.0198. The summed E-state index contributed by atoms with van der Waals surface area (Å²) in [7, 11) is 1.46. The molecule has 1 amide bonds. The third-order valence-corrected chi connectivity index (χ3v) is 1.79. The molecular weight excluding hydrogens is 214 g/mol. The number of nitrogens with one attached hydrogen (secondary N) is 2. The zero-order valence-corrected chi connectivity index (χ0v) is 8.56. The van der Waals surface area contributed by atoms with Crippen LogP contribution in [0, 0.1) is 10.1 Å². The monoisotopic (exact) mass is 225 g/mol. The minimum atomic E-state index is -0.599. The number of likely N-dealkylation sites (N-methyl/N-ethyl adjacent to an activating group) is 1. The highest BCUT2D eigenvalue weighted by Crippen LogP contribution is 2.22. The van der Waals surface area contributed by atoms with Crippen molar-refractivity contribution in [2.75, 3.05) is 24.6 Å². The van der Waals surface area contributed by atoms with Crippen LogP contribution in [0.25, 0.3) is 0 Å². The molecule has 4 N–H and O–H groups in total. The van der Waals surface area contributed by atoms with Crippen LogP contribution in [0.2, 0.25) is 0 Å². The molecule has 0 atom stereocenters. The number of rotatable bonds is 4. The van der Waals surface area contributed by atoms with Gasteiger partial charge in [0.1, 0.15) is 5.82 Å². The van der Waals surface area contributed by atoms with E-state index in [0.717, 1.165) is 0 Å². The third kappa shape index (κ3) is 2.80. The predicted octanol–water partition coefficient (Wildman–Crippen LogP) is -0.270. The lowest BCUT2D eigenvalue weighted by Crippen LogP contribution is -2.26. The van der Waals surface area contributed by atoms with Gasteiger partial charge < -0.3 is 16.4 Å². The lowest BCUT2D eigenvalue weighted by atomic mass is 10.3. The van der Waals surface area contributed by atoms with Gasteiger partial charge in [-0.2, -0.15) is 0 Å². The summed E-state index contributed by atoms with van der Waals surface area (Å²) in [5.41, 5.74) is 5.17. The van der Waals surface area contributed by atoms with Gasteiger partial charge in [-0.05, 0) is 6.07 Å². The second-order valence-corrected chi connectivity index (χ2v) is 2.89. The number of nitrogen functional groups attached to an aromatic ring is 1. The number of carbonyl (C=O) groups is 1. The molecule has 16 heavy (non-hydrogen) atoms. The first kappa shape index (κ1) is 11.7. The highest BCUT2D eigenvalue weighted by molar-refractivity contribution is 5.80. The fourth-order valence-corrected chi connectivity index (χ4v) is 0.997. The molecule has 0 fully saturated rings. The van der Waals surface area contributed by atoms with Crippen molar-refractivity contribution in [3.8, 4) is 0 Å². The predicted molar refractivity (Wildman–Crippen MR) is 57.9 cm³/mol. The van der Waals surface area contributed by atoms with Crippen LogP contribution in [0.5, 0.6) is 0 Å². The summed E-state index contributed by atoms with van der Waals surface area (Å²) in [5.74, 6) is -0.183. The van der Waals surface area contributed by atoms with E-state index < -0.39 is 4.92 Å². The number of nitrogens with zero attached hydrogens (tertiary/aromatic N) is 2. The van der Waals surface area contributed by atoms with Crippen molar-refractivity contribution in [1.29, 1.82) is 0 Å². The van der Waals surface area contributed by atoms with Gasteiger partial charge in [-0.25, -0.2) is 4.98 Å². The van der Waals surface area contributed by atoms with Crippen LogP contribution in [-0.2, 0) is 4.79 Å². The summed E-state index contributed by atoms with van der Waals surface area (Å²) in [6.45, 7) is -0.103.